The average Bonchev–Trinajstić information content (AvgIpc) is 2.28. The third-order valence-corrected chi connectivity index (χ3v) is 2.50. The molecular weight excluding hydrogens is 208 g/mol. The average molecular weight is 234 g/mol. The minimum absolute atomic E-state index is 0.118. The molecule has 0 aromatic rings. The van der Waals surface area contributed by atoms with Gasteiger partial charge in [-0.2, -0.15) is 0 Å². The molecule has 0 aromatic carbocycles. The molecule has 2 atom stereocenters. The van der Waals surface area contributed by atoms with E-state index in [1.807, 2.05) is 6.92 Å². The number of rotatable bonds is 10. The highest BCUT2D eigenvalue weighted by atomic mass is 16.7. The van der Waals surface area contributed by atoms with Crippen LogP contribution in [0.5, 0.6) is 0 Å². The van der Waals surface area contributed by atoms with Gasteiger partial charge in [-0.25, -0.2) is 0 Å². The van der Waals surface area contributed by atoms with Gasteiger partial charge in [-0.1, -0.05) is 0 Å². The Balaban J connectivity index is 4.04. The topological polar surface area (TPSA) is 65.7 Å². The van der Waals surface area contributed by atoms with Crippen LogP contribution in [-0.2, 0) is 14.2 Å². The summed E-state index contributed by atoms with van der Waals surface area (Å²) in [4.78, 5) is 0. The number of hydrogen-bond donors (Lipinski definition) is 2. The van der Waals surface area contributed by atoms with Crippen molar-refractivity contribution in [2.24, 2.45) is 5.73 Å². The van der Waals surface area contributed by atoms with E-state index in [1.54, 1.807) is 21.3 Å². The third-order valence-electron chi connectivity index (χ3n) is 2.50. The molecule has 0 fully saturated rings. The Labute approximate surface area is 98.6 Å². The zero-order chi connectivity index (χ0) is 12.4. The maximum Gasteiger partial charge on any atom is 0.171 e. The molecule has 5 nitrogen and oxygen atoms in total. The fraction of sp³-hybridized carbons (Fsp3) is 1.00. The molecule has 16 heavy (non-hydrogen) atoms. The van der Waals surface area contributed by atoms with Gasteiger partial charge in [-0.3, -0.25) is 0 Å². The van der Waals surface area contributed by atoms with Crippen LogP contribution in [0.4, 0.5) is 0 Å². The van der Waals surface area contributed by atoms with Crippen LogP contribution in [0.1, 0.15) is 19.8 Å². The van der Waals surface area contributed by atoms with Crippen molar-refractivity contribution in [3.63, 3.8) is 0 Å². The van der Waals surface area contributed by atoms with E-state index in [1.165, 1.54) is 0 Å². The number of methoxy groups -OCH3 is 3. The van der Waals surface area contributed by atoms with E-state index < -0.39 is 0 Å². The van der Waals surface area contributed by atoms with Crippen LogP contribution < -0.4 is 11.1 Å². The fourth-order valence-corrected chi connectivity index (χ4v) is 1.74. The third kappa shape index (κ3) is 6.40. The molecule has 0 amide bonds. The van der Waals surface area contributed by atoms with E-state index in [4.69, 9.17) is 19.9 Å². The van der Waals surface area contributed by atoms with Crippen molar-refractivity contribution in [2.45, 2.75) is 38.1 Å². The lowest BCUT2D eigenvalue weighted by molar-refractivity contribution is -0.121. The van der Waals surface area contributed by atoms with Gasteiger partial charge in [-0.05, 0) is 26.3 Å². The van der Waals surface area contributed by atoms with E-state index in [0.29, 0.717) is 13.2 Å². The van der Waals surface area contributed by atoms with E-state index in [2.05, 4.69) is 5.32 Å². The molecule has 0 heterocycles. The summed E-state index contributed by atoms with van der Waals surface area (Å²) in [6, 6.07) is 0.407. The lowest BCUT2D eigenvalue weighted by Gasteiger charge is -2.27. The molecular formula is C11H26N2O3. The highest BCUT2D eigenvalue weighted by Gasteiger charge is 2.19. The van der Waals surface area contributed by atoms with Gasteiger partial charge in [0.15, 0.2) is 6.29 Å². The van der Waals surface area contributed by atoms with Crippen molar-refractivity contribution >= 4 is 0 Å². The van der Waals surface area contributed by atoms with E-state index in [0.717, 1.165) is 12.8 Å². The highest BCUT2D eigenvalue weighted by Crippen LogP contribution is 2.04. The number of nitrogens with two attached hydrogens (primary N) is 1. The summed E-state index contributed by atoms with van der Waals surface area (Å²) < 4.78 is 15.6. The normalized spacial score (nSPS) is 15.4. The largest absolute Gasteiger partial charge is 0.383 e. The van der Waals surface area contributed by atoms with Gasteiger partial charge < -0.3 is 25.3 Å². The minimum Gasteiger partial charge on any atom is -0.383 e. The first-order chi connectivity index (χ1) is 7.69. The Kier molecular flexibility index (Phi) is 9.86. The second-order valence-corrected chi connectivity index (χ2v) is 3.88. The van der Waals surface area contributed by atoms with Crippen molar-refractivity contribution in [2.75, 3.05) is 34.5 Å². The molecule has 0 aliphatic rings. The van der Waals surface area contributed by atoms with E-state index in [9.17, 15) is 0 Å². The van der Waals surface area contributed by atoms with Crippen molar-refractivity contribution < 1.29 is 14.2 Å². The standard InChI is InChI=1S/C11H26N2O3/c1-9(11(15-3)16-4)13-10(8-14-2)6-5-7-12/h9-11,13H,5-8,12H2,1-4H3. The molecule has 0 aromatic heterocycles. The van der Waals surface area contributed by atoms with Crippen LogP contribution in [-0.4, -0.2) is 52.9 Å². The Morgan fingerprint density at radius 2 is 1.81 bits per heavy atom. The molecule has 0 saturated heterocycles. The Morgan fingerprint density at radius 1 is 1.19 bits per heavy atom. The van der Waals surface area contributed by atoms with Crippen molar-refractivity contribution in [3.05, 3.63) is 0 Å². The van der Waals surface area contributed by atoms with Gasteiger partial charge in [0.25, 0.3) is 0 Å². The SMILES string of the molecule is COCC(CCCN)NC(C)C(OC)OC. The molecule has 0 saturated carbocycles. The highest BCUT2D eigenvalue weighted by molar-refractivity contribution is 4.73. The van der Waals surface area contributed by atoms with Crippen molar-refractivity contribution in [3.8, 4) is 0 Å². The minimum atomic E-state index is -0.239. The maximum absolute atomic E-state index is 5.50. The second-order valence-electron chi connectivity index (χ2n) is 3.88. The maximum atomic E-state index is 5.50. The predicted octanol–water partition coefficient (Wildman–Crippen LogP) is 0.337. The van der Waals surface area contributed by atoms with Crippen LogP contribution >= 0.6 is 0 Å². The molecule has 98 valence electrons. The van der Waals surface area contributed by atoms with E-state index in [-0.39, 0.29) is 18.4 Å². The molecule has 0 spiro atoms. The molecule has 5 heteroatoms. The zero-order valence-electron chi connectivity index (χ0n) is 10.9. The van der Waals surface area contributed by atoms with Crippen LogP contribution in [0.25, 0.3) is 0 Å². The summed E-state index contributed by atoms with van der Waals surface area (Å²) >= 11 is 0. The lowest BCUT2D eigenvalue weighted by atomic mass is 10.1. The predicted molar refractivity (Wildman–Crippen MR) is 64.4 cm³/mol. The summed E-state index contributed by atoms with van der Waals surface area (Å²) in [5.41, 5.74) is 5.50. The summed E-state index contributed by atoms with van der Waals surface area (Å²) in [7, 11) is 4.97. The smallest absolute Gasteiger partial charge is 0.171 e. The molecule has 0 radical (unpaired) electrons. The zero-order valence-corrected chi connectivity index (χ0v) is 10.9. The van der Waals surface area contributed by atoms with Crippen LogP contribution in [0, 0.1) is 0 Å². The monoisotopic (exact) mass is 234 g/mol. The van der Waals surface area contributed by atoms with Gasteiger partial charge in [0.1, 0.15) is 0 Å². The van der Waals surface area contributed by atoms with Crippen molar-refractivity contribution in [1.82, 2.24) is 5.32 Å². The fourth-order valence-electron chi connectivity index (χ4n) is 1.74. The lowest BCUT2D eigenvalue weighted by Crippen LogP contribution is -2.47. The molecule has 0 bridgehead atoms. The van der Waals surface area contributed by atoms with Crippen LogP contribution in [0.3, 0.4) is 0 Å². The molecule has 0 rings (SSSR count). The van der Waals surface area contributed by atoms with Crippen molar-refractivity contribution in [1.29, 1.82) is 0 Å². The molecule has 3 N–H and O–H groups in total. The van der Waals surface area contributed by atoms with Gasteiger partial charge >= 0.3 is 0 Å². The Hall–Kier alpha value is -0.200. The van der Waals surface area contributed by atoms with Gasteiger partial charge in [0.05, 0.1) is 12.6 Å². The Bertz CT molecular complexity index is 154. The first-order valence-corrected chi connectivity index (χ1v) is 5.70. The number of ether oxygens (including phenoxy) is 3. The Morgan fingerprint density at radius 3 is 2.25 bits per heavy atom. The first-order valence-electron chi connectivity index (χ1n) is 5.70. The summed E-state index contributed by atoms with van der Waals surface area (Å²) in [5.74, 6) is 0. The van der Waals surface area contributed by atoms with Gasteiger partial charge in [0.2, 0.25) is 0 Å². The summed E-state index contributed by atoms with van der Waals surface area (Å²) in [5, 5.41) is 3.42. The molecule has 0 aliphatic carbocycles. The van der Waals surface area contributed by atoms with Gasteiger partial charge in [0, 0.05) is 27.4 Å². The second kappa shape index (κ2) is 9.99. The van der Waals surface area contributed by atoms with Gasteiger partial charge in [-0.15, -0.1) is 0 Å². The summed E-state index contributed by atoms with van der Waals surface area (Å²) in [6.07, 6.45) is 1.74. The molecule has 2 unspecified atom stereocenters. The van der Waals surface area contributed by atoms with Crippen LogP contribution in [0.2, 0.25) is 0 Å². The number of nitrogens with one attached hydrogen (secondary N) is 1. The first kappa shape index (κ1) is 15.8. The quantitative estimate of drug-likeness (QED) is 0.534. The van der Waals surface area contributed by atoms with E-state index >= 15 is 0 Å². The van der Waals surface area contributed by atoms with Crippen LogP contribution in [0.15, 0.2) is 0 Å². The molecule has 0 aliphatic heterocycles. The summed E-state index contributed by atoms with van der Waals surface area (Å²) in [6.45, 7) is 3.40. The number of hydrogen-bond acceptors (Lipinski definition) is 5.